The van der Waals surface area contributed by atoms with Crippen molar-refractivity contribution in [2.24, 2.45) is 0 Å². The molecule has 0 saturated carbocycles. The summed E-state index contributed by atoms with van der Waals surface area (Å²) in [6.45, 7) is 3.64. The molecule has 0 radical (unpaired) electrons. The molecule has 3 rings (SSSR count). The van der Waals surface area contributed by atoms with Crippen molar-refractivity contribution < 1.29 is 9.53 Å². The predicted molar refractivity (Wildman–Crippen MR) is 90.4 cm³/mol. The summed E-state index contributed by atoms with van der Waals surface area (Å²) in [5.74, 6) is -0.179. The second kappa shape index (κ2) is 6.64. The van der Waals surface area contributed by atoms with E-state index in [2.05, 4.69) is 10.3 Å². The highest BCUT2D eigenvalue weighted by Gasteiger charge is 2.17. The third-order valence-corrected chi connectivity index (χ3v) is 4.40. The van der Waals surface area contributed by atoms with Gasteiger partial charge in [-0.15, -0.1) is 0 Å². The van der Waals surface area contributed by atoms with Crippen LogP contribution in [0.1, 0.15) is 30.1 Å². The Morgan fingerprint density at radius 2 is 2.35 bits per heavy atom. The number of amides is 1. The van der Waals surface area contributed by atoms with Gasteiger partial charge in [-0.1, -0.05) is 0 Å². The van der Waals surface area contributed by atoms with E-state index in [1.165, 1.54) is 4.57 Å². The first-order valence-corrected chi connectivity index (χ1v) is 8.17. The predicted octanol–water partition coefficient (Wildman–Crippen LogP) is 1.99. The lowest BCUT2D eigenvalue weighted by Gasteiger charge is -2.11. The number of aromatic nitrogens is 2. The summed E-state index contributed by atoms with van der Waals surface area (Å²) < 4.78 is 7.35. The van der Waals surface area contributed by atoms with E-state index in [1.807, 2.05) is 6.92 Å². The maximum Gasteiger partial charge on any atom is 0.262 e. The Labute approximate surface area is 138 Å². The summed E-state index contributed by atoms with van der Waals surface area (Å²) in [7, 11) is 0. The zero-order valence-electron chi connectivity index (χ0n) is 12.9. The van der Waals surface area contributed by atoms with Gasteiger partial charge in [0.2, 0.25) is 0 Å². The second-order valence-electron chi connectivity index (χ2n) is 5.58. The van der Waals surface area contributed by atoms with Crippen molar-refractivity contribution in [3.05, 3.63) is 38.9 Å². The molecule has 0 spiro atoms. The number of H-pyrrole nitrogens is 1. The van der Waals surface area contributed by atoms with Crippen molar-refractivity contribution in [2.75, 3.05) is 13.2 Å². The standard InChI is InChI=1S/C16H19N3O3S/c1-2-19-15(21)12-6-5-10(8-13(12)18-16(19)23)14(20)17-9-11-4-3-7-22-11/h5-6,8,11H,2-4,7,9H2,1H3,(H,17,20)(H,18,23). The minimum Gasteiger partial charge on any atom is -0.376 e. The summed E-state index contributed by atoms with van der Waals surface area (Å²) in [6.07, 6.45) is 2.11. The maximum absolute atomic E-state index is 12.3. The summed E-state index contributed by atoms with van der Waals surface area (Å²) in [6, 6.07) is 4.99. The first-order valence-electron chi connectivity index (χ1n) is 7.77. The van der Waals surface area contributed by atoms with Crippen molar-refractivity contribution in [3.63, 3.8) is 0 Å². The number of hydrogen-bond donors (Lipinski definition) is 2. The van der Waals surface area contributed by atoms with Crippen LogP contribution in [0.25, 0.3) is 10.9 Å². The van der Waals surface area contributed by atoms with Crippen LogP contribution < -0.4 is 10.9 Å². The van der Waals surface area contributed by atoms with Crippen LogP contribution in [0, 0.1) is 4.77 Å². The number of benzene rings is 1. The van der Waals surface area contributed by atoms with Gasteiger partial charge in [-0.3, -0.25) is 14.2 Å². The first kappa shape index (κ1) is 15.9. The van der Waals surface area contributed by atoms with Crippen molar-refractivity contribution >= 4 is 29.0 Å². The highest BCUT2D eigenvalue weighted by molar-refractivity contribution is 7.71. The van der Waals surface area contributed by atoms with Gasteiger partial charge in [-0.2, -0.15) is 0 Å². The Morgan fingerprint density at radius 3 is 3.04 bits per heavy atom. The van der Waals surface area contributed by atoms with Gasteiger partial charge in [0.05, 0.1) is 17.0 Å². The maximum atomic E-state index is 12.3. The third-order valence-electron chi connectivity index (χ3n) is 4.07. The van der Waals surface area contributed by atoms with Crippen LogP contribution in [-0.2, 0) is 11.3 Å². The van der Waals surface area contributed by atoms with Gasteiger partial charge in [0.25, 0.3) is 11.5 Å². The number of carbonyl (C=O) groups is 1. The molecule has 1 aromatic carbocycles. The van der Waals surface area contributed by atoms with Crippen LogP contribution in [0.15, 0.2) is 23.0 Å². The number of nitrogens with zero attached hydrogens (tertiary/aromatic N) is 1. The molecule has 0 aliphatic carbocycles. The molecule has 1 aliphatic rings. The summed E-state index contributed by atoms with van der Waals surface area (Å²) in [4.78, 5) is 27.6. The number of fused-ring (bicyclic) bond motifs is 1. The van der Waals surface area contributed by atoms with Crippen molar-refractivity contribution in [3.8, 4) is 0 Å². The molecule has 2 heterocycles. The lowest BCUT2D eigenvalue weighted by molar-refractivity contribution is 0.0858. The lowest BCUT2D eigenvalue weighted by Crippen LogP contribution is -2.31. The molecule has 7 heteroatoms. The summed E-state index contributed by atoms with van der Waals surface area (Å²) >= 11 is 5.19. The van der Waals surface area contributed by atoms with E-state index in [1.54, 1.807) is 18.2 Å². The van der Waals surface area contributed by atoms with Gasteiger partial charge in [-0.05, 0) is 50.2 Å². The second-order valence-corrected chi connectivity index (χ2v) is 5.97. The molecule has 23 heavy (non-hydrogen) atoms. The van der Waals surface area contributed by atoms with Crippen LogP contribution in [0.5, 0.6) is 0 Å². The number of hydrogen-bond acceptors (Lipinski definition) is 4. The Hall–Kier alpha value is -1.99. The minimum absolute atomic E-state index is 0.0990. The highest BCUT2D eigenvalue weighted by Crippen LogP contribution is 2.13. The van der Waals surface area contributed by atoms with Crippen molar-refractivity contribution in [1.29, 1.82) is 0 Å². The fourth-order valence-electron chi connectivity index (χ4n) is 2.80. The number of carbonyl (C=O) groups excluding carboxylic acids is 1. The van der Waals surface area contributed by atoms with E-state index in [0.29, 0.717) is 34.3 Å². The Bertz CT molecular complexity index is 850. The van der Waals surface area contributed by atoms with Gasteiger partial charge in [0, 0.05) is 25.3 Å². The summed E-state index contributed by atoms with van der Waals surface area (Å²) in [5.41, 5.74) is 0.932. The van der Waals surface area contributed by atoms with E-state index in [4.69, 9.17) is 17.0 Å². The van der Waals surface area contributed by atoms with Gasteiger partial charge in [0.1, 0.15) is 0 Å². The molecular weight excluding hydrogens is 314 g/mol. The molecule has 1 unspecified atom stereocenters. The topological polar surface area (TPSA) is 76.1 Å². The van der Waals surface area contributed by atoms with Gasteiger partial charge in [0.15, 0.2) is 4.77 Å². The molecule has 1 aromatic heterocycles. The highest BCUT2D eigenvalue weighted by atomic mass is 32.1. The molecule has 1 aliphatic heterocycles. The molecule has 2 aromatic rings. The van der Waals surface area contributed by atoms with E-state index in [9.17, 15) is 9.59 Å². The Balaban J connectivity index is 1.86. The number of nitrogens with one attached hydrogen (secondary N) is 2. The van der Waals surface area contributed by atoms with E-state index >= 15 is 0 Å². The SMILES string of the molecule is CCn1c(=S)[nH]c2cc(C(=O)NCC3CCCO3)ccc2c1=O. The van der Waals surface area contributed by atoms with Gasteiger partial charge in [-0.25, -0.2) is 0 Å². The first-order chi connectivity index (χ1) is 11.1. The van der Waals surface area contributed by atoms with Crippen LogP contribution >= 0.6 is 12.2 Å². The zero-order chi connectivity index (χ0) is 16.4. The molecule has 6 nitrogen and oxygen atoms in total. The quantitative estimate of drug-likeness (QED) is 0.839. The van der Waals surface area contributed by atoms with Crippen LogP contribution in [-0.4, -0.2) is 34.7 Å². The fraction of sp³-hybridized carbons (Fsp3) is 0.438. The normalized spacial score (nSPS) is 17.5. The van der Waals surface area contributed by atoms with E-state index in [-0.39, 0.29) is 17.6 Å². The lowest BCUT2D eigenvalue weighted by atomic mass is 10.1. The molecule has 122 valence electrons. The smallest absolute Gasteiger partial charge is 0.262 e. The molecule has 1 saturated heterocycles. The molecular formula is C16H19N3O3S. The van der Waals surface area contributed by atoms with Gasteiger partial charge >= 0.3 is 0 Å². The summed E-state index contributed by atoms with van der Waals surface area (Å²) in [5, 5.41) is 3.39. The minimum atomic E-state index is -0.179. The number of aromatic amines is 1. The van der Waals surface area contributed by atoms with Gasteiger partial charge < -0.3 is 15.0 Å². The van der Waals surface area contributed by atoms with E-state index < -0.39 is 0 Å². The monoisotopic (exact) mass is 333 g/mol. The fourth-order valence-corrected chi connectivity index (χ4v) is 3.12. The Morgan fingerprint density at radius 1 is 1.52 bits per heavy atom. The molecule has 0 bridgehead atoms. The Kier molecular flexibility index (Phi) is 4.58. The van der Waals surface area contributed by atoms with Crippen molar-refractivity contribution in [1.82, 2.24) is 14.9 Å². The molecule has 1 amide bonds. The largest absolute Gasteiger partial charge is 0.376 e. The third kappa shape index (κ3) is 3.20. The zero-order valence-corrected chi connectivity index (χ0v) is 13.7. The number of rotatable bonds is 4. The molecule has 2 N–H and O–H groups in total. The van der Waals surface area contributed by atoms with Crippen LogP contribution in [0.4, 0.5) is 0 Å². The van der Waals surface area contributed by atoms with Crippen molar-refractivity contribution in [2.45, 2.75) is 32.4 Å². The van der Waals surface area contributed by atoms with E-state index in [0.717, 1.165) is 19.4 Å². The molecule has 1 fully saturated rings. The average Bonchev–Trinajstić information content (AvgIpc) is 3.06. The van der Waals surface area contributed by atoms with Crippen LogP contribution in [0.2, 0.25) is 0 Å². The number of ether oxygens (including phenoxy) is 1. The average molecular weight is 333 g/mol. The van der Waals surface area contributed by atoms with Crippen LogP contribution in [0.3, 0.4) is 0 Å². The molecule has 1 atom stereocenters.